The van der Waals surface area contributed by atoms with Gasteiger partial charge in [-0.15, -0.1) is 11.3 Å². The summed E-state index contributed by atoms with van der Waals surface area (Å²) in [6, 6.07) is 13.4. The van der Waals surface area contributed by atoms with Crippen molar-refractivity contribution in [2.45, 2.75) is 31.6 Å². The number of amides is 1. The molecule has 0 atom stereocenters. The molecule has 24 heavy (non-hydrogen) atoms. The highest BCUT2D eigenvalue weighted by atomic mass is 32.1. The van der Waals surface area contributed by atoms with Crippen molar-refractivity contribution in [3.8, 4) is 0 Å². The lowest BCUT2D eigenvalue weighted by molar-refractivity contribution is -0.148. The largest absolute Gasteiger partial charge is 0.481 e. The maximum atomic E-state index is 12.5. The minimum atomic E-state index is -0.877. The first-order chi connectivity index (χ1) is 11.5. The summed E-state index contributed by atoms with van der Waals surface area (Å²) in [5, 5.41) is 9.80. The zero-order valence-corrected chi connectivity index (χ0v) is 14.5. The van der Waals surface area contributed by atoms with E-state index >= 15 is 0 Å². The molecule has 0 spiro atoms. The number of benzene rings is 1. The lowest BCUT2D eigenvalue weighted by Gasteiger charge is -2.39. The van der Waals surface area contributed by atoms with E-state index in [0.717, 1.165) is 10.4 Å². The number of carbonyl (C=O) groups is 2. The fraction of sp³-hybridized carbons (Fsp3) is 0.368. The number of hydrogen-bond acceptors (Lipinski definition) is 3. The third-order valence-corrected chi connectivity index (χ3v) is 5.83. The smallest absolute Gasteiger partial charge is 0.314 e. The number of carboxylic acids is 1. The molecule has 2 heterocycles. The molecule has 1 N–H and O–H groups in total. The first-order valence-corrected chi connectivity index (χ1v) is 8.95. The predicted octanol–water partition coefficient (Wildman–Crippen LogP) is 3.24. The molecule has 126 valence electrons. The number of aryl methyl sites for hydroxylation is 1. The van der Waals surface area contributed by atoms with E-state index in [4.69, 9.17) is 0 Å². The summed E-state index contributed by atoms with van der Waals surface area (Å²) >= 11 is 1.64. The maximum absolute atomic E-state index is 12.5. The van der Waals surface area contributed by atoms with E-state index in [9.17, 15) is 14.7 Å². The van der Waals surface area contributed by atoms with Crippen molar-refractivity contribution in [3.63, 3.8) is 0 Å². The third kappa shape index (κ3) is 3.22. The normalized spacial score (nSPS) is 16.8. The van der Waals surface area contributed by atoms with Crippen molar-refractivity contribution < 1.29 is 14.7 Å². The fourth-order valence-electron chi connectivity index (χ4n) is 3.36. The second-order valence-corrected chi connectivity index (χ2v) is 7.70. The molecule has 1 aromatic carbocycles. The van der Waals surface area contributed by atoms with Crippen molar-refractivity contribution >= 4 is 23.2 Å². The van der Waals surface area contributed by atoms with Gasteiger partial charge in [0.1, 0.15) is 0 Å². The van der Waals surface area contributed by atoms with Crippen LogP contribution in [0.25, 0.3) is 0 Å². The van der Waals surface area contributed by atoms with Crippen molar-refractivity contribution in [2.24, 2.45) is 0 Å². The molecule has 1 aromatic heterocycles. The monoisotopic (exact) mass is 343 g/mol. The molecule has 0 saturated carbocycles. The van der Waals surface area contributed by atoms with Crippen LogP contribution in [0.5, 0.6) is 0 Å². The van der Waals surface area contributed by atoms with Crippen LogP contribution < -0.4 is 0 Å². The number of likely N-dealkylation sites (tertiary alicyclic amines) is 1. The summed E-state index contributed by atoms with van der Waals surface area (Å²) in [5.74, 6) is -0.710. The molecular formula is C19H21NO3S. The molecule has 0 radical (unpaired) electrons. The molecule has 1 fully saturated rings. The molecule has 1 aliphatic heterocycles. The summed E-state index contributed by atoms with van der Waals surface area (Å²) in [5.41, 5.74) is -0.0455. The summed E-state index contributed by atoms with van der Waals surface area (Å²) in [6.07, 6.45) is 1.33. The number of rotatable bonds is 4. The van der Waals surface area contributed by atoms with Crippen molar-refractivity contribution in [1.29, 1.82) is 0 Å². The minimum absolute atomic E-state index is 0.0869. The van der Waals surface area contributed by atoms with Gasteiger partial charge >= 0.3 is 5.97 Å². The first-order valence-electron chi connectivity index (χ1n) is 8.13. The average Bonchev–Trinajstić information content (AvgIpc) is 3.00. The number of carbonyl (C=O) groups excluding carboxylic acids is 1. The number of carboxylic acid groups (broad SMARTS) is 1. The van der Waals surface area contributed by atoms with Gasteiger partial charge in [0, 0.05) is 22.8 Å². The van der Waals surface area contributed by atoms with Crippen molar-refractivity contribution in [2.75, 3.05) is 13.1 Å². The quantitative estimate of drug-likeness (QED) is 0.927. The molecule has 3 rings (SSSR count). The van der Waals surface area contributed by atoms with Crippen LogP contribution in [-0.4, -0.2) is 35.0 Å². The van der Waals surface area contributed by atoms with Crippen LogP contribution in [0.15, 0.2) is 42.5 Å². The van der Waals surface area contributed by atoms with Gasteiger partial charge in [-0.3, -0.25) is 9.59 Å². The Labute approximate surface area is 145 Å². The lowest BCUT2D eigenvalue weighted by atomic mass is 9.73. The molecule has 1 amide bonds. The van der Waals surface area contributed by atoms with Gasteiger partial charge in [-0.1, -0.05) is 30.3 Å². The molecular weight excluding hydrogens is 322 g/mol. The SMILES string of the molecule is Cc1ccc(CC(=O)N2CCC(C(=O)O)(c3ccccc3)CC2)s1. The Bertz CT molecular complexity index is 730. The molecule has 0 unspecified atom stereocenters. The number of nitrogens with zero attached hydrogens (tertiary/aromatic N) is 1. The summed E-state index contributed by atoms with van der Waals surface area (Å²) in [6.45, 7) is 3.01. The first kappa shape index (κ1) is 16.7. The highest BCUT2D eigenvalue weighted by Gasteiger charge is 2.43. The third-order valence-electron chi connectivity index (χ3n) is 4.83. The highest BCUT2D eigenvalue weighted by molar-refractivity contribution is 7.12. The molecule has 5 heteroatoms. The van der Waals surface area contributed by atoms with Crippen LogP contribution in [0, 0.1) is 6.92 Å². The van der Waals surface area contributed by atoms with E-state index in [1.807, 2.05) is 49.4 Å². The van der Waals surface area contributed by atoms with Crippen LogP contribution in [0.1, 0.15) is 28.2 Å². The Morgan fingerprint density at radius 3 is 2.33 bits per heavy atom. The van der Waals surface area contributed by atoms with E-state index in [0.29, 0.717) is 32.4 Å². The van der Waals surface area contributed by atoms with Gasteiger partial charge in [0.15, 0.2) is 0 Å². The minimum Gasteiger partial charge on any atom is -0.481 e. The number of thiophene rings is 1. The highest BCUT2D eigenvalue weighted by Crippen LogP contribution is 2.36. The van der Waals surface area contributed by atoms with E-state index in [1.54, 1.807) is 16.2 Å². The zero-order valence-electron chi connectivity index (χ0n) is 13.7. The summed E-state index contributed by atoms with van der Waals surface area (Å²) in [4.78, 5) is 28.5. The van der Waals surface area contributed by atoms with Crippen LogP contribution in [0.3, 0.4) is 0 Å². The molecule has 0 bridgehead atoms. The van der Waals surface area contributed by atoms with E-state index in [2.05, 4.69) is 0 Å². The zero-order chi connectivity index (χ0) is 17.2. The fourth-order valence-corrected chi connectivity index (χ4v) is 4.24. The molecule has 0 aliphatic carbocycles. The van der Waals surface area contributed by atoms with E-state index < -0.39 is 11.4 Å². The maximum Gasteiger partial charge on any atom is 0.314 e. The van der Waals surface area contributed by atoms with E-state index in [1.165, 1.54) is 4.88 Å². The predicted molar refractivity (Wildman–Crippen MR) is 94.3 cm³/mol. The molecule has 4 nitrogen and oxygen atoms in total. The topological polar surface area (TPSA) is 57.6 Å². The molecule has 1 aliphatic rings. The second-order valence-electron chi connectivity index (χ2n) is 6.32. The van der Waals surface area contributed by atoms with Gasteiger partial charge in [0.25, 0.3) is 0 Å². The van der Waals surface area contributed by atoms with Crippen LogP contribution >= 0.6 is 11.3 Å². The van der Waals surface area contributed by atoms with Crippen LogP contribution in [0.4, 0.5) is 0 Å². The summed E-state index contributed by atoms with van der Waals surface area (Å²) in [7, 11) is 0. The summed E-state index contributed by atoms with van der Waals surface area (Å²) < 4.78 is 0. The standard InChI is InChI=1S/C19H21NO3S/c1-14-7-8-16(24-14)13-17(21)20-11-9-19(10-12-20,18(22)23)15-5-3-2-4-6-15/h2-8H,9-13H2,1H3,(H,22,23). The second kappa shape index (κ2) is 6.77. The van der Waals surface area contributed by atoms with Gasteiger partial charge in [0.05, 0.1) is 11.8 Å². The number of aliphatic carboxylic acids is 1. The van der Waals surface area contributed by atoms with Crippen molar-refractivity contribution in [3.05, 3.63) is 57.8 Å². The Kier molecular flexibility index (Phi) is 4.71. The Morgan fingerprint density at radius 1 is 1.12 bits per heavy atom. The Morgan fingerprint density at radius 2 is 1.79 bits per heavy atom. The molecule has 1 saturated heterocycles. The Hall–Kier alpha value is -2.14. The molecule has 2 aromatic rings. The lowest BCUT2D eigenvalue weighted by Crippen LogP contribution is -2.49. The van der Waals surface area contributed by atoms with Gasteiger partial charge in [-0.2, -0.15) is 0 Å². The van der Waals surface area contributed by atoms with Crippen LogP contribution in [-0.2, 0) is 21.4 Å². The Balaban J connectivity index is 1.69. The van der Waals surface area contributed by atoms with Gasteiger partial charge in [-0.25, -0.2) is 0 Å². The average molecular weight is 343 g/mol. The van der Waals surface area contributed by atoms with Gasteiger partial charge in [-0.05, 0) is 37.5 Å². The van der Waals surface area contributed by atoms with Gasteiger partial charge in [0.2, 0.25) is 5.91 Å². The number of hydrogen-bond donors (Lipinski definition) is 1. The van der Waals surface area contributed by atoms with Crippen molar-refractivity contribution in [1.82, 2.24) is 4.90 Å². The number of piperidine rings is 1. The van der Waals surface area contributed by atoms with Crippen LogP contribution in [0.2, 0.25) is 0 Å². The van der Waals surface area contributed by atoms with E-state index in [-0.39, 0.29) is 5.91 Å². The van der Waals surface area contributed by atoms with Gasteiger partial charge < -0.3 is 10.0 Å².